The molecule has 130 valence electrons. The molecule has 1 atom stereocenters. The third kappa shape index (κ3) is 3.60. The van der Waals surface area contributed by atoms with E-state index in [-0.39, 0.29) is 18.5 Å². The second-order valence-corrected chi connectivity index (χ2v) is 7.35. The van der Waals surface area contributed by atoms with E-state index in [1.165, 1.54) is 4.88 Å². The van der Waals surface area contributed by atoms with Crippen molar-refractivity contribution in [3.05, 3.63) is 53.0 Å². The predicted molar refractivity (Wildman–Crippen MR) is 98.5 cm³/mol. The molecule has 3 aromatic rings. The Morgan fingerprint density at radius 3 is 2.92 bits per heavy atom. The van der Waals surface area contributed by atoms with Gasteiger partial charge in [0.25, 0.3) is 0 Å². The molecule has 3 heterocycles. The molecule has 1 unspecified atom stereocenters. The minimum Gasteiger partial charge on any atom is -0.381 e. The molecule has 1 fully saturated rings. The van der Waals surface area contributed by atoms with Gasteiger partial charge in [0.05, 0.1) is 23.4 Å². The number of fused-ring (bicyclic) bond motifs is 1. The molecule has 2 aromatic heterocycles. The first-order valence-corrected chi connectivity index (χ1v) is 9.49. The molecule has 1 N–H and O–H groups in total. The fourth-order valence-electron chi connectivity index (χ4n) is 3.45. The Morgan fingerprint density at radius 2 is 2.12 bits per heavy atom. The van der Waals surface area contributed by atoms with Crippen molar-refractivity contribution < 1.29 is 9.53 Å². The Bertz CT molecular complexity index is 837. The number of carbonyl (C=O) groups excluding carboxylic acids is 1. The number of carbonyl (C=O) groups is 1. The Balaban J connectivity index is 1.50. The van der Waals surface area contributed by atoms with E-state index in [1.807, 2.05) is 34.9 Å². The number of benzene rings is 1. The van der Waals surface area contributed by atoms with Crippen molar-refractivity contribution in [2.24, 2.45) is 5.92 Å². The van der Waals surface area contributed by atoms with Crippen LogP contribution in [0.4, 0.5) is 0 Å². The molecule has 0 spiro atoms. The SMILES string of the molecule is O=C(Cn1cnc2ccccc21)NC(c1cccs1)C1CCOCC1. The number of ether oxygens (including phenoxy) is 1. The molecular formula is C19H21N3O2S. The molecule has 1 aromatic carbocycles. The van der Waals surface area contributed by atoms with Gasteiger partial charge in [-0.25, -0.2) is 4.98 Å². The zero-order valence-electron chi connectivity index (χ0n) is 13.9. The lowest BCUT2D eigenvalue weighted by molar-refractivity contribution is -0.123. The van der Waals surface area contributed by atoms with Gasteiger partial charge in [0.2, 0.25) is 5.91 Å². The summed E-state index contributed by atoms with van der Waals surface area (Å²) in [7, 11) is 0. The number of rotatable bonds is 5. The first-order valence-electron chi connectivity index (χ1n) is 8.61. The molecule has 1 saturated heterocycles. The van der Waals surface area contributed by atoms with Crippen LogP contribution in [0.15, 0.2) is 48.1 Å². The maximum Gasteiger partial charge on any atom is 0.240 e. The van der Waals surface area contributed by atoms with Crippen molar-refractivity contribution in [1.29, 1.82) is 0 Å². The molecule has 0 bridgehead atoms. The topological polar surface area (TPSA) is 56.2 Å². The van der Waals surface area contributed by atoms with Gasteiger partial charge in [-0.3, -0.25) is 4.79 Å². The Morgan fingerprint density at radius 1 is 1.28 bits per heavy atom. The number of imidazole rings is 1. The number of hydrogen-bond donors (Lipinski definition) is 1. The summed E-state index contributed by atoms with van der Waals surface area (Å²) >= 11 is 1.70. The van der Waals surface area contributed by atoms with Gasteiger partial charge in [-0.15, -0.1) is 11.3 Å². The van der Waals surface area contributed by atoms with Gasteiger partial charge in [0.15, 0.2) is 0 Å². The Kier molecular flexibility index (Phi) is 4.81. The van der Waals surface area contributed by atoms with E-state index in [0.29, 0.717) is 5.92 Å². The van der Waals surface area contributed by atoms with Gasteiger partial charge >= 0.3 is 0 Å². The van der Waals surface area contributed by atoms with Gasteiger partial charge < -0.3 is 14.6 Å². The maximum atomic E-state index is 12.7. The molecular weight excluding hydrogens is 334 g/mol. The molecule has 1 amide bonds. The summed E-state index contributed by atoms with van der Waals surface area (Å²) in [6, 6.07) is 12.1. The minimum absolute atomic E-state index is 0.0213. The van der Waals surface area contributed by atoms with Gasteiger partial charge in [0.1, 0.15) is 6.54 Å². The van der Waals surface area contributed by atoms with E-state index >= 15 is 0 Å². The van der Waals surface area contributed by atoms with E-state index in [9.17, 15) is 4.79 Å². The number of nitrogens with one attached hydrogen (secondary N) is 1. The largest absolute Gasteiger partial charge is 0.381 e. The van der Waals surface area contributed by atoms with Crippen LogP contribution in [0.1, 0.15) is 23.8 Å². The highest BCUT2D eigenvalue weighted by Crippen LogP contribution is 2.32. The lowest BCUT2D eigenvalue weighted by atomic mass is 9.90. The predicted octanol–water partition coefficient (Wildman–Crippen LogP) is 3.38. The zero-order chi connectivity index (χ0) is 17.1. The van der Waals surface area contributed by atoms with E-state index in [1.54, 1.807) is 17.7 Å². The lowest BCUT2D eigenvalue weighted by Gasteiger charge is -2.30. The smallest absolute Gasteiger partial charge is 0.240 e. The molecule has 25 heavy (non-hydrogen) atoms. The number of para-hydroxylation sites is 2. The van der Waals surface area contributed by atoms with E-state index in [0.717, 1.165) is 37.1 Å². The number of amides is 1. The summed E-state index contributed by atoms with van der Waals surface area (Å²) in [4.78, 5) is 18.3. The summed E-state index contributed by atoms with van der Waals surface area (Å²) in [5.74, 6) is 0.448. The number of thiophene rings is 1. The monoisotopic (exact) mass is 355 g/mol. The second kappa shape index (κ2) is 7.37. The molecule has 5 nitrogen and oxygen atoms in total. The molecule has 1 aliphatic rings. The van der Waals surface area contributed by atoms with Crippen LogP contribution in [0.5, 0.6) is 0 Å². The fraction of sp³-hybridized carbons (Fsp3) is 0.368. The third-order valence-electron chi connectivity index (χ3n) is 4.74. The highest BCUT2D eigenvalue weighted by atomic mass is 32.1. The van der Waals surface area contributed by atoms with Crippen LogP contribution in [0.2, 0.25) is 0 Å². The summed E-state index contributed by atoms with van der Waals surface area (Å²) in [5.41, 5.74) is 1.89. The van der Waals surface area contributed by atoms with Crippen LogP contribution in [-0.4, -0.2) is 28.7 Å². The van der Waals surface area contributed by atoms with E-state index < -0.39 is 0 Å². The lowest BCUT2D eigenvalue weighted by Crippen LogP contribution is -2.37. The molecule has 0 saturated carbocycles. The standard InChI is InChI=1S/C19H21N3O2S/c23-18(12-22-13-20-15-4-1-2-5-16(15)22)21-19(17-6-3-11-25-17)14-7-9-24-10-8-14/h1-6,11,13-14,19H,7-10,12H2,(H,21,23). The first kappa shape index (κ1) is 16.3. The summed E-state index contributed by atoms with van der Waals surface area (Å²) < 4.78 is 7.39. The van der Waals surface area contributed by atoms with Crippen LogP contribution in [0, 0.1) is 5.92 Å². The Labute approximate surface area is 150 Å². The van der Waals surface area contributed by atoms with Crippen LogP contribution in [0.25, 0.3) is 11.0 Å². The van der Waals surface area contributed by atoms with E-state index in [4.69, 9.17) is 4.74 Å². The van der Waals surface area contributed by atoms with Crippen LogP contribution in [0.3, 0.4) is 0 Å². The van der Waals surface area contributed by atoms with Crippen molar-refractivity contribution in [2.45, 2.75) is 25.4 Å². The van der Waals surface area contributed by atoms with Crippen molar-refractivity contribution in [3.63, 3.8) is 0 Å². The van der Waals surface area contributed by atoms with E-state index in [2.05, 4.69) is 21.7 Å². The molecule has 4 rings (SSSR count). The van der Waals surface area contributed by atoms with Crippen molar-refractivity contribution in [3.8, 4) is 0 Å². The van der Waals surface area contributed by atoms with Gasteiger partial charge in [-0.1, -0.05) is 18.2 Å². The second-order valence-electron chi connectivity index (χ2n) is 6.37. The summed E-state index contributed by atoms with van der Waals surface area (Å²) in [6.45, 7) is 1.83. The van der Waals surface area contributed by atoms with Gasteiger partial charge in [-0.2, -0.15) is 0 Å². The fourth-order valence-corrected chi connectivity index (χ4v) is 4.32. The molecule has 6 heteroatoms. The first-order chi connectivity index (χ1) is 12.3. The highest BCUT2D eigenvalue weighted by molar-refractivity contribution is 7.10. The number of nitrogens with zero attached hydrogens (tertiary/aromatic N) is 2. The average Bonchev–Trinajstić information content (AvgIpc) is 3.31. The normalized spacial score (nSPS) is 16.8. The number of aromatic nitrogens is 2. The zero-order valence-corrected chi connectivity index (χ0v) is 14.7. The molecule has 1 aliphatic heterocycles. The van der Waals surface area contributed by atoms with Crippen molar-refractivity contribution in [1.82, 2.24) is 14.9 Å². The number of hydrogen-bond acceptors (Lipinski definition) is 4. The summed E-state index contributed by atoms with van der Waals surface area (Å²) in [5, 5.41) is 5.33. The molecule has 0 radical (unpaired) electrons. The highest BCUT2D eigenvalue weighted by Gasteiger charge is 2.27. The third-order valence-corrected chi connectivity index (χ3v) is 5.70. The minimum atomic E-state index is 0.0213. The van der Waals surface area contributed by atoms with Crippen LogP contribution < -0.4 is 5.32 Å². The van der Waals surface area contributed by atoms with Crippen molar-refractivity contribution >= 4 is 28.3 Å². The summed E-state index contributed by atoms with van der Waals surface area (Å²) in [6.07, 6.45) is 3.70. The average molecular weight is 355 g/mol. The van der Waals surface area contributed by atoms with Gasteiger partial charge in [0, 0.05) is 18.1 Å². The van der Waals surface area contributed by atoms with Crippen LogP contribution in [-0.2, 0) is 16.1 Å². The van der Waals surface area contributed by atoms with Gasteiger partial charge in [-0.05, 0) is 42.3 Å². The quantitative estimate of drug-likeness (QED) is 0.763. The maximum absolute atomic E-state index is 12.7. The Hall–Kier alpha value is -2.18. The van der Waals surface area contributed by atoms with Crippen molar-refractivity contribution in [2.75, 3.05) is 13.2 Å². The molecule has 0 aliphatic carbocycles. The van der Waals surface area contributed by atoms with Crippen LogP contribution >= 0.6 is 11.3 Å².